The van der Waals surface area contributed by atoms with Gasteiger partial charge in [0.1, 0.15) is 6.61 Å². The van der Waals surface area contributed by atoms with Crippen LogP contribution in [-0.2, 0) is 9.53 Å². The molecule has 0 saturated carbocycles. The van der Waals surface area contributed by atoms with Gasteiger partial charge in [0, 0.05) is 0 Å². The highest BCUT2D eigenvalue weighted by Crippen LogP contribution is 2.27. The van der Waals surface area contributed by atoms with Crippen LogP contribution >= 0.6 is 34.8 Å². The van der Waals surface area contributed by atoms with Gasteiger partial charge in [-0.15, -0.1) is 0 Å². The Morgan fingerprint density at radius 1 is 1.06 bits per heavy atom. The molecule has 0 unspecified atom stereocenters. The van der Waals surface area contributed by atoms with E-state index >= 15 is 0 Å². The molecule has 0 saturated heterocycles. The molecule has 0 aromatic heterocycles. The summed E-state index contributed by atoms with van der Waals surface area (Å²) in [7, 11) is 0. The Bertz CT molecular complexity index is 247. The first-order valence-corrected chi connectivity index (χ1v) is 7.50. The Morgan fingerprint density at radius 3 is 2.28 bits per heavy atom. The van der Waals surface area contributed by atoms with E-state index in [1.165, 1.54) is 38.5 Å². The molecular weight excluding hydrogens is 294 g/mol. The second-order valence-corrected chi connectivity index (χ2v) is 6.41. The molecule has 0 bridgehead atoms. The first-order valence-electron chi connectivity index (χ1n) is 6.37. The van der Waals surface area contributed by atoms with Crippen LogP contribution in [0.5, 0.6) is 0 Å². The molecule has 0 heterocycles. The summed E-state index contributed by atoms with van der Waals surface area (Å²) in [5.41, 5.74) is 0. The summed E-state index contributed by atoms with van der Waals surface area (Å²) in [6.45, 7) is 2.36. The smallest absolute Gasteiger partial charge is 0.358 e. The number of alkyl halides is 3. The Morgan fingerprint density at radius 2 is 1.67 bits per heavy atom. The van der Waals surface area contributed by atoms with Crippen molar-refractivity contribution in [3.63, 3.8) is 0 Å². The van der Waals surface area contributed by atoms with Crippen molar-refractivity contribution in [3.8, 4) is 0 Å². The van der Waals surface area contributed by atoms with E-state index < -0.39 is 9.76 Å². The highest BCUT2D eigenvalue weighted by molar-refractivity contribution is 6.75. The summed E-state index contributed by atoms with van der Waals surface area (Å²) in [5, 5.41) is 0. The van der Waals surface area contributed by atoms with E-state index in [9.17, 15) is 4.79 Å². The number of allylic oxidation sites excluding steroid dienone is 1. The second kappa shape index (κ2) is 11.0. The molecule has 0 aliphatic heterocycles. The molecule has 0 N–H and O–H groups in total. The van der Waals surface area contributed by atoms with Gasteiger partial charge >= 0.3 is 5.97 Å². The Balaban J connectivity index is 3.37. The predicted molar refractivity (Wildman–Crippen MR) is 78.4 cm³/mol. The first-order chi connectivity index (χ1) is 8.48. The van der Waals surface area contributed by atoms with Crippen molar-refractivity contribution in [1.29, 1.82) is 0 Å². The number of carbonyl (C=O) groups is 1. The zero-order valence-corrected chi connectivity index (χ0v) is 13.0. The van der Waals surface area contributed by atoms with Crippen molar-refractivity contribution in [2.24, 2.45) is 0 Å². The topological polar surface area (TPSA) is 26.3 Å². The SMILES string of the molecule is CCCCCCCCC=CCOC(=O)C(Cl)(Cl)Cl. The molecule has 0 atom stereocenters. The lowest BCUT2D eigenvalue weighted by Gasteiger charge is -2.08. The summed E-state index contributed by atoms with van der Waals surface area (Å²) in [6.07, 6.45) is 12.4. The molecule has 0 spiro atoms. The van der Waals surface area contributed by atoms with E-state index in [0.29, 0.717) is 0 Å². The van der Waals surface area contributed by atoms with Gasteiger partial charge in [-0.1, -0.05) is 86.0 Å². The van der Waals surface area contributed by atoms with Crippen LogP contribution in [0.25, 0.3) is 0 Å². The standard InChI is InChI=1S/C13H21Cl3O2/c1-2-3-4-5-6-7-8-9-10-11-18-12(17)13(14,15)16/h9-10H,2-8,11H2,1H3. The van der Waals surface area contributed by atoms with Crippen LogP contribution in [0.15, 0.2) is 12.2 Å². The van der Waals surface area contributed by atoms with Crippen LogP contribution in [-0.4, -0.2) is 16.4 Å². The first kappa shape index (κ1) is 18.1. The summed E-state index contributed by atoms with van der Waals surface area (Å²) >= 11 is 16.0. The highest BCUT2D eigenvalue weighted by atomic mass is 35.6. The Kier molecular flexibility index (Phi) is 11.0. The van der Waals surface area contributed by atoms with E-state index in [0.717, 1.165) is 6.42 Å². The maximum Gasteiger partial charge on any atom is 0.358 e. The lowest BCUT2D eigenvalue weighted by Crippen LogP contribution is -2.21. The third-order valence-electron chi connectivity index (χ3n) is 2.43. The van der Waals surface area contributed by atoms with Crippen molar-refractivity contribution in [2.75, 3.05) is 6.61 Å². The molecule has 0 aromatic rings. The van der Waals surface area contributed by atoms with E-state index in [-0.39, 0.29) is 6.61 Å². The molecule has 0 amide bonds. The third kappa shape index (κ3) is 11.2. The van der Waals surface area contributed by atoms with Crippen LogP contribution in [0.2, 0.25) is 0 Å². The summed E-state index contributed by atoms with van der Waals surface area (Å²) in [4.78, 5) is 11.0. The molecule has 0 fully saturated rings. The summed E-state index contributed by atoms with van der Waals surface area (Å²) in [5.74, 6) is -0.836. The minimum Gasteiger partial charge on any atom is -0.458 e. The van der Waals surface area contributed by atoms with Crippen LogP contribution in [0.1, 0.15) is 51.9 Å². The molecule has 2 nitrogen and oxygen atoms in total. The van der Waals surface area contributed by atoms with Crippen LogP contribution < -0.4 is 0 Å². The lowest BCUT2D eigenvalue weighted by atomic mass is 10.1. The molecule has 5 heteroatoms. The third-order valence-corrected chi connectivity index (χ3v) is 2.90. The Labute approximate surface area is 125 Å². The van der Waals surface area contributed by atoms with Crippen LogP contribution in [0.4, 0.5) is 0 Å². The van der Waals surface area contributed by atoms with E-state index in [4.69, 9.17) is 39.5 Å². The van der Waals surface area contributed by atoms with Crippen molar-refractivity contribution >= 4 is 40.8 Å². The quantitative estimate of drug-likeness (QED) is 0.253. The largest absolute Gasteiger partial charge is 0.458 e. The van der Waals surface area contributed by atoms with Gasteiger partial charge < -0.3 is 4.74 Å². The fraction of sp³-hybridized carbons (Fsp3) is 0.769. The molecule has 106 valence electrons. The molecule has 0 aliphatic rings. The second-order valence-electron chi connectivity index (χ2n) is 4.12. The van der Waals surface area contributed by atoms with E-state index in [1.54, 1.807) is 6.08 Å². The van der Waals surface area contributed by atoms with Crippen molar-refractivity contribution in [1.82, 2.24) is 0 Å². The monoisotopic (exact) mass is 314 g/mol. The van der Waals surface area contributed by atoms with Crippen LogP contribution in [0, 0.1) is 0 Å². The van der Waals surface area contributed by atoms with Gasteiger partial charge in [0.2, 0.25) is 0 Å². The molecular formula is C13H21Cl3O2. The number of ether oxygens (including phenoxy) is 1. The van der Waals surface area contributed by atoms with Crippen molar-refractivity contribution in [2.45, 2.75) is 55.7 Å². The predicted octanol–water partition coefficient (Wildman–Crippen LogP) is 5.21. The zero-order valence-electron chi connectivity index (χ0n) is 10.8. The zero-order chi connectivity index (χ0) is 13.9. The molecule has 0 rings (SSSR count). The molecule has 0 aliphatic carbocycles. The maximum absolute atomic E-state index is 11.0. The van der Waals surface area contributed by atoms with E-state index in [2.05, 4.69) is 6.92 Å². The molecule has 0 aromatic carbocycles. The van der Waals surface area contributed by atoms with Crippen molar-refractivity contribution < 1.29 is 9.53 Å². The molecule has 0 radical (unpaired) electrons. The van der Waals surface area contributed by atoms with E-state index in [1.807, 2.05) is 6.08 Å². The number of rotatable bonds is 9. The Hall–Kier alpha value is 0.0800. The van der Waals surface area contributed by atoms with Gasteiger partial charge in [-0.05, 0) is 12.8 Å². The van der Waals surface area contributed by atoms with Crippen LogP contribution in [0.3, 0.4) is 0 Å². The van der Waals surface area contributed by atoms with Gasteiger partial charge in [-0.3, -0.25) is 0 Å². The maximum atomic E-state index is 11.0. The number of halogens is 3. The number of hydrogen-bond donors (Lipinski definition) is 0. The lowest BCUT2D eigenvalue weighted by molar-refractivity contribution is -0.141. The number of carbonyl (C=O) groups excluding carboxylic acids is 1. The van der Waals surface area contributed by atoms with Gasteiger partial charge in [-0.2, -0.15) is 0 Å². The fourth-order valence-corrected chi connectivity index (χ4v) is 1.60. The van der Waals surface area contributed by atoms with Gasteiger partial charge in [0.05, 0.1) is 0 Å². The van der Waals surface area contributed by atoms with Gasteiger partial charge in [-0.25, -0.2) is 4.79 Å². The number of esters is 1. The van der Waals surface area contributed by atoms with Gasteiger partial charge in [0.15, 0.2) is 0 Å². The fourth-order valence-electron chi connectivity index (χ4n) is 1.43. The summed E-state index contributed by atoms with van der Waals surface area (Å²) < 4.78 is 2.77. The minimum absolute atomic E-state index is 0.155. The number of hydrogen-bond acceptors (Lipinski definition) is 2. The minimum atomic E-state index is -1.98. The van der Waals surface area contributed by atoms with Gasteiger partial charge in [0.25, 0.3) is 3.79 Å². The average Bonchev–Trinajstić information content (AvgIpc) is 2.30. The number of unbranched alkanes of at least 4 members (excludes halogenated alkanes) is 6. The highest BCUT2D eigenvalue weighted by Gasteiger charge is 2.32. The molecule has 18 heavy (non-hydrogen) atoms. The summed E-state index contributed by atoms with van der Waals surface area (Å²) in [6, 6.07) is 0. The average molecular weight is 316 g/mol. The van der Waals surface area contributed by atoms with Crippen molar-refractivity contribution in [3.05, 3.63) is 12.2 Å². The normalized spacial score (nSPS) is 12.0.